The van der Waals surface area contributed by atoms with Crippen LogP contribution in [-0.2, 0) is 29.3 Å². The largest absolute Gasteiger partial charge is 0.321 e. The lowest BCUT2D eigenvalue weighted by molar-refractivity contribution is 0.102. The molecule has 0 radical (unpaired) electrons. The standard InChI is InChI=1S/C26H28N2O3S/c1-3-19-11-7-12-20(4-2)25(19)27-26(29)22-13-8-15-23(18-22)32(30,31)28-17-9-14-21-10-5-6-16-24(21)28/h5-8,10-13,15-16,18H,3-4,9,14,17H2,1-2H3,(H,27,29). The first kappa shape index (κ1) is 22.1. The predicted molar refractivity (Wildman–Crippen MR) is 129 cm³/mol. The van der Waals surface area contributed by atoms with Gasteiger partial charge in [-0.2, -0.15) is 0 Å². The van der Waals surface area contributed by atoms with Crippen molar-refractivity contribution in [3.8, 4) is 0 Å². The van der Waals surface area contributed by atoms with Gasteiger partial charge in [0.1, 0.15) is 0 Å². The minimum atomic E-state index is -3.78. The Kier molecular flexibility index (Phi) is 6.33. The Hall–Kier alpha value is -3.12. The third-order valence-electron chi connectivity index (χ3n) is 5.99. The fourth-order valence-electron chi connectivity index (χ4n) is 4.26. The van der Waals surface area contributed by atoms with E-state index in [-0.39, 0.29) is 10.8 Å². The molecule has 1 aliphatic rings. The molecule has 0 saturated carbocycles. The van der Waals surface area contributed by atoms with E-state index >= 15 is 0 Å². The van der Waals surface area contributed by atoms with E-state index in [9.17, 15) is 13.2 Å². The van der Waals surface area contributed by atoms with Crippen LogP contribution in [-0.4, -0.2) is 20.9 Å². The molecule has 0 aromatic heterocycles. The van der Waals surface area contributed by atoms with Crippen LogP contribution in [0.3, 0.4) is 0 Å². The average Bonchev–Trinajstić information content (AvgIpc) is 2.83. The van der Waals surface area contributed by atoms with Gasteiger partial charge in [0.15, 0.2) is 0 Å². The molecule has 0 unspecified atom stereocenters. The Labute approximate surface area is 190 Å². The fourth-order valence-corrected chi connectivity index (χ4v) is 5.85. The number of amides is 1. The molecule has 1 aliphatic heterocycles. The molecule has 0 saturated heterocycles. The second-order valence-corrected chi connectivity index (χ2v) is 9.81. The molecule has 0 atom stereocenters. The molecule has 1 N–H and O–H groups in total. The van der Waals surface area contributed by atoms with E-state index in [1.54, 1.807) is 18.2 Å². The van der Waals surface area contributed by atoms with Gasteiger partial charge in [-0.3, -0.25) is 9.10 Å². The average molecular weight is 449 g/mol. The zero-order valence-corrected chi connectivity index (χ0v) is 19.3. The molecular formula is C26H28N2O3S. The molecule has 4 rings (SSSR count). The van der Waals surface area contributed by atoms with E-state index in [2.05, 4.69) is 5.32 Å². The molecule has 0 spiro atoms. The number of carbonyl (C=O) groups excluding carboxylic acids is 1. The van der Waals surface area contributed by atoms with Crippen LogP contribution in [0.2, 0.25) is 0 Å². The first-order chi connectivity index (χ1) is 15.5. The molecule has 166 valence electrons. The Balaban J connectivity index is 1.66. The SMILES string of the molecule is CCc1cccc(CC)c1NC(=O)c1cccc(S(=O)(=O)N2CCCc3ccccc32)c1. The summed E-state index contributed by atoms with van der Waals surface area (Å²) >= 11 is 0. The lowest BCUT2D eigenvalue weighted by atomic mass is 10.0. The molecule has 5 nitrogen and oxygen atoms in total. The van der Waals surface area contributed by atoms with Crippen molar-refractivity contribution >= 4 is 27.3 Å². The summed E-state index contributed by atoms with van der Waals surface area (Å²) in [6.07, 6.45) is 3.23. The number of rotatable bonds is 6. The van der Waals surface area contributed by atoms with Crippen molar-refractivity contribution in [3.05, 3.63) is 89.0 Å². The number of nitrogens with one attached hydrogen (secondary N) is 1. The molecule has 3 aromatic rings. The smallest absolute Gasteiger partial charge is 0.264 e. The maximum Gasteiger partial charge on any atom is 0.264 e. The van der Waals surface area contributed by atoms with E-state index in [1.807, 2.05) is 56.3 Å². The number of para-hydroxylation sites is 2. The zero-order valence-electron chi connectivity index (χ0n) is 18.5. The monoisotopic (exact) mass is 448 g/mol. The van der Waals surface area contributed by atoms with E-state index in [4.69, 9.17) is 0 Å². The summed E-state index contributed by atoms with van der Waals surface area (Å²) in [4.78, 5) is 13.2. The summed E-state index contributed by atoms with van der Waals surface area (Å²) in [5, 5.41) is 3.02. The molecule has 1 heterocycles. The number of anilines is 2. The number of fused-ring (bicyclic) bond motifs is 1. The van der Waals surface area contributed by atoms with Crippen LogP contribution in [0, 0.1) is 0 Å². The van der Waals surface area contributed by atoms with Gasteiger partial charge in [0.2, 0.25) is 0 Å². The highest BCUT2D eigenvalue weighted by atomic mass is 32.2. The van der Waals surface area contributed by atoms with Crippen molar-refractivity contribution in [3.63, 3.8) is 0 Å². The minimum Gasteiger partial charge on any atom is -0.321 e. The first-order valence-electron chi connectivity index (χ1n) is 11.1. The van der Waals surface area contributed by atoms with Gasteiger partial charge >= 0.3 is 0 Å². The molecule has 3 aromatic carbocycles. The van der Waals surface area contributed by atoms with E-state index in [0.717, 1.165) is 53.7 Å². The number of aryl methyl sites for hydroxylation is 3. The molecule has 0 bridgehead atoms. The Morgan fingerprint density at radius 2 is 1.62 bits per heavy atom. The Morgan fingerprint density at radius 3 is 2.34 bits per heavy atom. The van der Waals surface area contributed by atoms with Crippen LogP contribution >= 0.6 is 0 Å². The van der Waals surface area contributed by atoms with Crippen LogP contribution in [0.4, 0.5) is 11.4 Å². The second-order valence-electron chi connectivity index (χ2n) is 7.95. The zero-order chi connectivity index (χ0) is 22.7. The predicted octanol–water partition coefficient (Wildman–Crippen LogP) is 5.21. The molecule has 1 amide bonds. The van der Waals surface area contributed by atoms with Gasteiger partial charge in [-0.15, -0.1) is 0 Å². The number of hydrogen-bond donors (Lipinski definition) is 1. The van der Waals surface area contributed by atoms with Crippen molar-refractivity contribution in [2.75, 3.05) is 16.2 Å². The third-order valence-corrected chi connectivity index (χ3v) is 7.80. The number of sulfonamides is 1. The van der Waals surface area contributed by atoms with Crippen molar-refractivity contribution < 1.29 is 13.2 Å². The minimum absolute atomic E-state index is 0.126. The lowest BCUT2D eigenvalue weighted by Crippen LogP contribution is -2.35. The van der Waals surface area contributed by atoms with Gasteiger partial charge < -0.3 is 5.32 Å². The summed E-state index contributed by atoms with van der Waals surface area (Å²) in [7, 11) is -3.78. The molecule has 0 fully saturated rings. The van der Waals surface area contributed by atoms with E-state index in [0.29, 0.717) is 12.1 Å². The van der Waals surface area contributed by atoms with Crippen LogP contribution in [0.25, 0.3) is 0 Å². The molecular weight excluding hydrogens is 420 g/mol. The van der Waals surface area contributed by atoms with Gasteiger partial charge in [-0.05, 0) is 66.6 Å². The van der Waals surface area contributed by atoms with Gasteiger partial charge in [0.05, 0.1) is 10.6 Å². The van der Waals surface area contributed by atoms with Crippen LogP contribution in [0.5, 0.6) is 0 Å². The summed E-state index contributed by atoms with van der Waals surface area (Å²) in [5.74, 6) is -0.309. The number of hydrogen-bond acceptors (Lipinski definition) is 3. The van der Waals surface area contributed by atoms with Gasteiger partial charge in [-0.25, -0.2) is 8.42 Å². The highest BCUT2D eigenvalue weighted by Crippen LogP contribution is 2.32. The van der Waals surface area contributed by atoms with Crippen LogP contribution < -0.4 is 9.62 Å². The summed E-state index contributed by atoms with van der Waals surface area (Å²) < 4.78 is 28.4. The number of benzene rings is 3. The fraction of sp³-hybridized carbons (Fsp3) is 0.269. The van der Waals surface area contributed by atoms with E-state index in [1.165, 1.54) is 10.4 Å². The molecule has 32 heavy (non-hydrogen) atoms. The van der Waals surface area contributed by atoms with Crippen molar-refractivity contribution in [2.45, 2.75) is 44.4 Å². The summed E-state index contributed by atoms with van der Waals surface area (Å²) in [6.45, 7) is 4.53. The van der Waals surface area contributed by atoms with Crippen molar-refractivity contribution in [2.24, 2.45) is 0 Å². The highest BCUT2D eigenvalue weighted by Gasteiger charge is 2.29. The summed E-state index contributed by atoms with van der Waals surface area (Å²) in [5.41, 5.74) is 5.01. The normalized spacial score (nSPS) is 13.5. The van der Waals surface area contributed by atoms with Gasteiger partial charge in [0, 0.05) is 17.8 Å². The Bertz CT molecular complexity index is 1230. The topological polar surface area (TPSA) is 66.5 Å². The second kappa shape index (κ2) is 9.17. The van der Waals surface area contributed by atoms with Crippen molar-refractivity contribution in [1.29, 1.82) is 0 Å². The molecule has 6 heteroatoms. The Morgan fingerprint density at radius 1 is 0.938 bits per heavy atom. The number of nitrogens with zero attached hydrogens (tertiary/aromatic N) is 1. The van der Waals surface area contributed by atoms with Crippen molar-refractivity contribution in [1.82, 2.24) is 0 Å². The van der Waals surface area contributed by atoms with Gasteiger partial charge in [0.25, 0.3) is 15.9 Å². The summed E-state index contributed by atoms with van der Waals surface area (Å²) in [6, 6.07) is 19.9. The highest BCUT2D eigenvalue weighted by molar-refractivity contribution is 7.92. The van der Waals surface area contributed by atoms with E-state index < -0.39 is 10.0 Å². The first-order valence-corrected chi connectivity index (χ1v) is 12.5. The number of carbonyl (C=O) groups is 1. The van der Waals surface area contributed by atoms with Gasteiger partial charge in [-0.1, -0.05) is 56.3 Å². The third kappa shape index (κ3) is 4.15. The molecule has 0 aliphatic carbocycles. The quantitative estimate of drug-likeness (QED) is 0.563. The maximum atomic E-state index is 13.5. The lowest BCUT2D eigenvalue weighted by Gasteiger charge is -2.30. The van der Waals surface area contributed by atoms with Crippen LogP contribution in [0.1, 0.15) is 47.3 Å². The maximum absolute atomic E-state index is 13.5. The van der Waals surface area contributed by atoms with Crippen LogP contribution in [0.15, 0.2) is 71.6 Å².